The summed E-state index contributed by atoms with van der Waals surface area (Å²) in [5.41, 5.74) is 3.66. The standard InChI is InChI=1S/C18H25N3S/c1-3-21-10-4-5-17(21)12-19-11-16-13-22-18(20-16)15-8-6-14(2)7-9-15/h6-9,13,17,19H,3-5,10-12H2,1-2H3. The maximum Gasteiger partial charge on any atom is 0.123 e. The molecule has 1 saturated heterocycles. The average Bonchev–Trinajstić information content (AvgIpc) is 3.17. The SMILES string of the molecule is CCN1CCCC1CNCc1csc(-c2ccc(C)cc2)n1. The van der Waals surface area contributed by atoms with Crippen LogP contribution in [0.5, 0.6) is 0 Å². The van der Waals surface area contributed by atoms with Crippen LogP contribution in [0, 0.1) is 6.92 Å². The number of rotatable bonds is 6. The van der Waals surface area contributed by atoms with E-state index in [1.54, 1.807) is 11.3 Å². The van der Waals surface area contributed by atoms with E-state index in [1.165, 1.54) is 37.1 Å². The number of hydrogen-bond acceptors (Lipinski definition) is 4. The second-order valence-electron chi connectivity index (χ2n) is 6.07. The van der Waals surface area contributed by atoms with Crippen molar-refractivity contribution in [2.75, 3.05) is 19.6 Å². The average molecular weight is 315 g/mol. The molecular formula is C18H25N3S. The van der Waals surface area contributed by atoms with E-state index in [9.17, 15) is 0 Å². The molecule has 2 aromatic rings. The van der Waals surface area contributed by atoms with Gasteiger partial charge in [0.15, 0.2) is 0 Å². The summed E-state index contributed by atoms with van der Waals surface area (Å²) in [6.45, 7) is 8.75. The predicted octanol–water partition coefficient (Wildman–Crippen LogP) is 3.69. The Bertz CT molecular complexity index is 591. The number of hydrogen-bond donors (Lipinski definition) is 1. The van der Waals surface area contributed by atoms with E-state index in [0.717, 1.165) is 23.8 Å². The lowest BCUT2D eigenvalue weighted by molar-refractivity contribution is 0.259. The maximum atomic E-state index is 4.76. The third-order valence-electron chi connectivity index (χ3n) is 4.44. The highest BCUT2D eigenvalue weighted by molar-refractivity contribution is 7.13. The Hall–Kier alpha value is -1.23. The molecule has 118 valence electrons. The minimum Gasteiger partial charge on any atom is -0.310 e. The van der Waals surface area contributed by atoms with E-state index < -0.39 is 0 Å². The Morgan fingerprint density at radius 3 is 2.91 bits per heavy atom. The van der Waals surface area contributed by atoms with Crippen molar-refractivity contribution in [3.05, 3.63) is 40.9 Å². The molecule has 0 amide bonds. The molecule has 0 radical (unpaired) electrons. The molecule has 1 fully saturated rings. The first kappa shape index (κ1) is 15.7. The van der Waals surface area contributed by atoms with E-state index in [0.29, 0.717) is 6.04 Å². The minimum atomic E-state index is 0.709. The molecule has 0 saturated carbocycles. The topological polar surface area (TPSA) is 28.2 Å². The van der Waals surface area contributed by atoms with Gasteiger partial charge in [-0.2, -0.15) is 0 Å². The van der Waals surface area contributed by atoms with Gasteiger partial charge < -0.3 is 5.32 Å². The molecule has 1 aliphatic rings. The molecule has 4 heteroatoms. The molecule has 2 heterocycles. The number of aromatic nitrogens is 1. The van der Waals surface area contributed by atoms with Crippen LogP contribution >= 0.6 is 11.3 Å². The predicted molar refractivity (Wildman–Crippen MR) is 94.3 cm³/mol. The van der Waals surface area contributed by atoms with Crippen molar-refractivity contribution in [1.29, 1.82) is 0 Å². The van der Waals surface area contributed by atoms with Crippen LogP contribution < -0.4 is 5.32 Å². The van der Waals surface area contributed by atoms with Gasteiger partial charge in [-0.25, -0.2) is 4.98 Å². The van der Waals surface area contributed by atoms with Gasteiger partial charge >= 0.3 is 0 Å². The van der Waals surface area contributed by atoms with E-state index >= 15 is 0 Å². The maximum absolute atomic E-state index is 4.76. The van der Waals surface area contributed by atoms with E-state index in [1.807, 2.05) is 0 Å². The number of thiazole rings is 1. The summed E-state index contributed by atoms with van der Waals surface area (Å²) in [5, 5.41) is 6.88. The van der Waals surface area contributed by atoms with Gasteiger partial charge in [-0.1, -0.05) is 36.8 Å². The highest BCUT2D eigenvalue weighted by Gasteiger charge is 2.22. The van der Waals surface area contributed by atoms with Crippen molar-refractivity contribution in [2.45, 2.75) is 39.3 Å². The van der Waals surface area contributed by atoms with Gasteiger partial charge in [-0.15, -0.1) is 11.3 Å². The summed E-state index contributed by atoms with van der Waals surface area (Å²) in [6, 6.07) is 9.31. The summed E-state index contributed by atoms with van der Waals surface area (Å²) in [4.78, 5) is 7.33. The van der Waals surface area contributed by atoms with Crippen molar-refractivity contribution >= 4 is 11.3 Å². The lowest BCUT2D eigenvalue weighted by Gasteiger charge is -2.22. The summed E-state index contributed by atoms with van der Waals surface area (Å²) < 4.78 is 0. The Labute approximate surface area is 137 Å². The van der Waals surface area contributed by atoms with Crippen LogP contribution in [0.4, 0.5) is 0 Å². The number of benzene rings is 1. The lowest BCUT2D eigenvalue weighted by Crippen LogP contribution is -2.37. The molecule has 22 heavy (non-hydrogen) atoms. The van der Waals surface area contributed by atoms with Gasteiger partial charge in [0.25, 0.3) is 0 Å². The van der Waals surface area contributed by atoms with Gasteiger partial charge in [-0.3, -0.25) is 4.90 Å². The fourth-order valence-corrected chi connectivity index (χ4v) is 3.95. The monoisotopic (exact) mass is 315 g/mol. The van der Waals surface area contributed by atoms with Gasteiger partial charge in [0.05, 0.1) is 5.69 Å². The molecule has 3 nitrogen and oxygen atoms in total. The van der Waals surface area contributed by atoms with Crippen LogP contribution in [0.3, 0.4) is 0 Å². The molecule has 0 aliphatic carbocycles. The largest absolute Gasteiger partial charge is 0.310 e. The zero-order valence-corrected chi connectivity index (χ0v) is 14.3. The van der Waals surface area contributed by atoms with Crippen molar-refractivity contribution < 1.29 is 0 Å². The smallest absolute Gasteiger partial charge is 0.123 e. The first-order chi connectivity index (χ1) is 10.8. The van der Waals surface area contributed by atoms with Crippen molar-refractivity contribution in [1.82, 2.24) is 15.2 Å². The summed E-state index contributed by atoms with van der Waals surface area (Å²) in [6.07, 6.45) is 2.67. The van der Waals surface area contributed by atoms with Crippen LogP contribution in [0.2, 0.25) is 0 Å². The Morgan fingerprint density at radius 2 is 2.14 bits per heavy atom. The van der Waals surface area contributed by atoms with Gasteiger partial charge in [0.2, 0.25) is 0 Å². The Kier molecular flexibility index (Phi) is 5.24. The zero-order valence-electron chi connectivity index (χ0n) is 13.5. The van der Waals surface area contributed by atoms with Gasteiger partial charge in [-0.05, 0) is 32.9 Å². The number of nitrogens with zero attached hydrogens (tertiary/aromatic N) is 2. The minimum absolute atomic E-state index is 0.709. The fourth-order valence-electron chi connectivity index (χ4n) is 3.13. The zero-order chi connectivity index (χ0) is 15.4. The number of likely N-dealkylation sites (tertiary alicyclic amines) is 1. The first-order valence-corrected chi connectivity index (χ1v) is 9.10. The molecule has 3 rings (SSSR count). The fraction of sp³-hybridized carbons (Fsp3) is 0.500. The second kappa shape index (κ2) is 7.36. The molecule has 1 atom stereocenters. The molecule has 1 N–H and O–H groups in total. The Balaban J connectivity index is 1.52. The normalized spacial score (nSPS) is 18.9. The quantitative estimate of drug-likeness (QED) is 0.881. The molecule has 0 spiro atoms. The van der Waals surface area contributed by atoms with Crippen LogP contribution in [0.25, 0.3) is 10.6 Å². The van der Waals surface area contributed by atoms with Crippen LogP contribution in [-0.2, 0) is 6.54 Å². The molecule has 1 aromatic heterocycles. The van der Waals surface area contributed by atoms with Gasteiger partial charge in [0, 0.05) is 30.1 Å². The summed E-state index contributed by atoms with van der Waals surface area (Å²) in [5.74, 6) is 0. The Morgan fingerprint density at radius 1 is 1.32 bits per heavy atom. The third-order valence-corrected chi connectivity index (χ3v) is 5.38. The van der Waals surface area contributed by atoms with Crippen molar-refractivity contribution in [2.24, 2.45) is 0 Å². The molecule has 0 bridgehead atoms. The van der Waals surface area contributed by atoms with Gasteiger partial charge in [0.1, 0.15) is 5.01 Å². The number of nitrogens with one attached hydrogen (secondary N) is 1. The van der Waals surface area contributed by atoms with Crippen LogP contribution in [0.15, 0.2) is 29.6 Å². The van der Waals surface area contributed by atoms with Crippen molar-refractivity contribution in [3.63, 3.8) is 0 Å². The number of aryl methyl sites for hydroxylation is 1. The number of likely N-dealkylation sites (N-methyl/N-ethyl adjacent to an activating group) is 1. The summed E-state index contributed by atoms with van der Waals surface area (Å²) in [7, 11) is 0. The molecular weight excluding hydrogens is 290 g/mol. The van der Waals surface area contributed by atoms with E-state index in [4.69, 9.17) is 4.98 Å². The molecule has 1 aromatic carbocycles. The van der Waals surface area contributed by atoms with Crippen molar-refractivity contribution in [3.8, 4) is 10.6 Å². The first-order valence-electron chi connectivity index (χ1n) is 8.22. The lowest BCUT2D eigenvalue weighted by atomic mass is 10.2. The summed E-state index contributed by atoms with van der Waals surface area (Å²) >= 11 is 1.73. The molecule has 1 aliphatic heterocycles. The van der Waals surface area contributed by atoms with Crippen LogP contribution in [0.1, 0.15) is 31.0 Å². The van der Waals surface area contributed by atoms with E-state index in [2.05, 4.69) is 53.7 Å². The third kappa shape index (κ3) is 3.75. The molecule has 1 unspecified atom stereocenters. The highest BCUT2D eigenvalue weighted by Crippen LogP contribution is 2.24. The van der Waals surface area contributed by atoms with Crippen LogP contribution in [-0.4, -0.2) is 35.6 Å². The van der Waals surface area contributed by atoms with E-state index in [-0.39, 0.29) is 0 Å². The highest BCUT2D eigenvalue weighted by atomic mass is 32.1. The second-order valence-corrected chi connectivity index (χ2v) is 6.92.